The number of rotatable bonds is 6. The topological polar surface area (TPSA) is 47.8 Å². The molecule has 0 N–H and O–H groups in total. The Hall–Kier alpha value is -2.40. The number of benzene rings is 2. The first-order chi connectivity index (χ1) is 12.9. The van der Waals surface area contributed by atoms with Gasteiger partial charge in [-0.3, -0.25) is 4.79 Å². The molecule has 4 nitrogen and oxygen atoms in total. The van der Waals surface area contributed by atoms with E-state index in [1.807, 2.05) is 32.0 Å². The molecule has 0 aliphatic heterocycles. The third-order valence-corrected chi connectivity index (χ3v) is 6.05. The molecule has 3 rings (SSSR count). The van der Waals surface area contributed by atoms with Crippen molar-refractivity contribution in [1.29, 1.82) is 0 Å². The minimum atomic E-state index is 0.122. The Balaban J connectivity index is 1.86. The standard InChI is InChI=1S/C22H25N3OS/c1-14-11-15(2)21(18(5)26)16(3)20(14)12-27-22-24-23-13-25(22)17(4)19-9-7-6-8-10-19/h6-11,13,17H,12H2,1-5H3/t17-/m1/s1. The fourth-order valence-corrected chi connectivity index (χ4v) is 4.80. The largest absolute Gasteiger partial charge is 0.301 e. The number of hydrogen-bond donors (Lipinski definition) is 0. The lowest BCUT2D eigenvalue weighted by Crippen LogP contribution is -2.08. The van der Waals surface area contributed by atoms with Crippen LogP contribution in [0.2, 0.25) is 0 Å². The molecule has 0 unspecified atom stereocenters. The van der Waals surface area contributed by atoms with Gasteiger partial charge in [-0.1, -0.05) is 48.2 Å². The first-order valence-corrected chi connectivity index (χ1v) is 10.1. The van der Waals surface area contributed by atoms with Gasteiger partial charge in [0, 0.05) is 11.3 Å². The Morgan fingerprint density at radius 2 is 1.85 bits per heavy atom. The minimum absolute atomic E-state index is 0.122. The van der Waals surface area contributed by atoms with Gasteiger partial charge in [-0.25, -0.2) is 0 Å². The molecular weight excluding hydrogens is 354 g/mol. The van der Waals surface area contributed by atoms with Crippen LogP contribution in [-0.2, 0) is 5.75 Å². The van der Waals surface area contributed by atoms with Gasteiger partial charge < -0.3 is 4.57 Å². The van der Waals surface area contributed by atoms with E-state index in [0.29, 0.717) is 0 Å². The lowest BCUT2D eigenvalue weighted by molar-refractivity contribution is 0.101. The number of carbonyl (C=O) groups excluding carboxylic acids is 1. The van der Waals surface area contributed by atoms with Gasteiger partial charge in [-0.2, -0.15) is 0 Å². The van der Waals surface area contributed by atoms with Gasteiger partial charge in [0.1, 0.15) is 6.33 Å². The summed E-state index contributed by atoms with van der Waals surface area (Å²) in [6.45, 7) is 9.95. The second kappa shape index (κ2) is 8.09. The van der Waals surface area contributed by atoms with Crippen LogP contribution in [0.15, 0.2) is 47.9 Å². The molecule has 0 fully saturated rings. The van der Waals surface area contributed by atoms with Crippen molar-refractivity contribution in [2.75, 3.05) is 0 Å². The van der Waals surface area contributed by atoms with Crippen molar-refractivity contribution in [1.82, 2.24) is 14.8 Å². The van der Waals surface area contributed by atoms with E-state index in [1.165, 1.54) is 16.7 Å². The van der Waals surface area contributed by atoms with Crippen molar-refractivity contribution in [2.24, 2.45) is 0 Å². The van der Waals surface area contributed by atoms with Crippen molar-refractivity contribution >= 4 is 17.5 Å². The van der Waals surface area contributed by atoms with Crippen LogP contribution in [0.5, 0.6) is 0 Å². The summed E-state index contributed by atoms with van der Waals surface area (Å²) in [5.41, 5.74) is 6.61. The summed E-state index contributed by atoms with van der Waals surface area (Å²) in [7, 11) is 0. The molecule has 140 valence electrons. The number of aryl methyl sites for hydroxylation is 2. The molecule has 1 heterocycles. The van der Waals surface area contributed by atoms with E-state index < -0.39 is 0 Å². The van der Waals surface area contributed by atoms with Crippen LogP contribution < -0.4 is 0 Å². The van der Waals surface area contributed by atoms with E-state index >= 15 is 0 Å². The fourth-order valence-electron chi connectivity index (χ4n) is 3.62. The summed E-state index contributed by atoms with van der Waals surface area (Å²) in [6.07, 6.45) is 1.79. The molecule has 0 bridgehead atoms. The van der Waals surface area contributed by atoms with Gasteiger partial charge >= 0.3 is 0 Å². The van der Waals surface area contributed by atoms with Crippen molar-refractivity contribution in [3.63, 3.8) is 0 Å². The number of ketones is 1. The highest BCUT2D eigenvalue weighted by Gasteiger charge is 2.17. The Kier molecular flexibility index (Phi) is 5.80. The second-order valence-corrected chi connectivity index (χ2v) is 7.88. The van der Waals surface area contributed by atoms with Crippen molar-refractivity contribution in [3.05, 3.63) is 76.1 Å². The Labute approximate surface area is 165 Å². The van der Waals surface area contributed by atoms with Crippen LogP contribution in [0.3, 0.4) is 0 Å². The molecule has 0 amide bonds. The summed E-state index contributed by atoms with van der Waals surface area (Å²) in [5.74, 6) is 0.885. The predicted octanol–water partition coefficient (Wildman–Crippen LogP) is 5.31. The van der Waals surface area contributed by atoms with Gasteiger partial charge in [0.25, 0.3) is 0 Å². The Morgan fingerprint density at radius 1 is 1.15 bits per heavy atom. The molecule has 1 atom stereocenters. The molecule has 1 aromatic heterocycles. The number of aromatic nitrogens is 3. The van der Waals surface area contributed by atoms with E-state index in [0.717, 1.165) is 27.6 Å². The monoisotopic (exact) mass is 379 g/mol. The van der Waals surface area contributed by atoms with Crippen molar-refractivity contribution in [2.45, 2.75) is 51.6 Å². The summed E-state index contributed by atoms with van der Waals surface area (Å²) < 4.78 is 2.10. The molecular formula is C22H25N3OS. The van der Waals surface area contributed by atoms with Gasteiger partial charge in [0.2, 0.25) is 0 Å². The predicted molar refractivity (Wildman–Crippen MR) is 110 cm³/mol. The number of hydrogen-bond acceptors (Lipinski definition) is 4. The summed E-state index contributed by atoms with van der Waals surface area (Å²) >= 11 is 1.66. The summed E-state index contributed by atoms with van der Waals surface area (Å²) in [4.78, 5) is 12.1. The van der Waals surface area contributed by atoms with E-state index in [2.05, 4.69) is 46.8 Å². The highest BCUT2D eigenvalue weighted by molar-refractivity contribution is 7.98. The van der Waals surface area contributed by atoms with Gasteiger partial charge in [0.05, 0.1) is 6.04 Å². The van der Waals surface area contributed by atoms with E-state index in [-0.39, 0.29) is 11.8 Å². The molecule has 0 saturated carbocycles. The average molecular weight is 380 g/mol. The molecule has 0 saturated heterocycles. The molecule has 27 heavy (non-hydrogen) atoms. The Morgan fingerprint density at radius 3 is 2.52 bits per heavy atom. The van der Waals surface area contributed by atoms with Gasteiger partial charge in [-0.05, 0) is 62.4 Å². The Bertz CT molecular complexity index is 963. The molecule has 0 radical (unpaired) electrons. The number of thioether (sulfide) groups is 1. The summed E-state index contributed by atoms with van der Waals surface area (Å²) in [5, 5.41) is 9.33. The molecule has 0 aliphatic carbocycles. The zero-order valence-corrected chi connectivity index (χ0v) is 17.3. The van der Waals surface area contributed by atoms with Gasteiger partial charge in [-0.15, -0.1) is 10.2 Å². The highest BCUT2D eigenvalue weighted by atomic mass is 32.2. The third-order valence-electron chi connectivity index (χ3n) is 5.07. The SMILES string of the molecule is CC(=O)c1c(C)cc(C)c(CSc2nncn2[C@H](C)c2ccccc2)c1C. The first kappa shape index (κ1) is 19.4. The maximum Gasteiger partial charge on any atom is 0.191 e. The zero-order valence-electron chi connectivity index (χ0n) is 16.5. The quantitative estimate of drug-likeness (QED) is 0.430. The van der Waals surface area contributed by atoms with Gasteiger partial charge in [0.15, 0.2) is 10.9 Å². The highest BCUT2D eigenvalue weighted by Crippen LogP contribution is 2.31. The smallest absolute Gasteiger partial charge is 0.191 e. The summed E-state index contributed by atoms with van der Waals surface area (Å²) in [6, 6.07) is 12.6. The molecule has 5 heteroatoms. The van der Waals surface area contributed by atoms with E-state index in [4.69, 9.17) is 0 Å². The second-order valence-electron chi connectivity index (χ2n) is 6.94. The minimum Gasteiger partial charge on any atom is -0.301 e. The van der Waals surface area contributed by atoms with Crippen molar-refractivity contribution < 1.29 is 4.79 Å². The fraction of sp³-hybridized carbons (Fsp3) is 0.318. The van der Waals surface area contributed by atoms with Crippen LogP contribution in [0, 0.1) is 20.8 Å². The van der Waals surface area contributed by atoms with Crippen LogP contribution in [0.1, 0.15) is 58.1 Å². The van der Waals surface area contributed by atoms with Crippen LogP contribution in [-0.4, -0.2) is 20.5 Å². The number of nitrogens with zero attached hydrogens (tertiary/aromatic N) is 3. The molecule has 3 aromatic rings. The number of Topliss-reactive ketones (excluding diaryl/α,β-unsaturated/α-hetero) is 1. The third kappa shape index (κ3) is 3.98. The van der Waals surface area contributed by atoms with E-state index in [1.54, 1.807) is 25.0 Å². The lowest BCUT2D eigenvalue weighted by Gasteiger charge is -2.17. The average Bonchev–Trinajstić information content (AvgIpc) is 3.09. The van der Waals surface area contributed by atoms with Crippen LogP contribution >= 0.6 is 11.8 Å². The molecule has 0 spiro atoms. The normalized spacial score (nSPS) is 12.2. The van der Waals surface area contributed by atoms with E-state index in [9.17, 15) is 4.79 Å². The molecule has 0 aliphatic rings. The molecule has 2 aromatic carbocycles. The van der Waals surface area contributed by atoms with Crippen LogP contribution in [0.4, 0.5) is 0 Å². The maximum atomic E-state index is 12.1. The zero-order chi connectivity index (χ0) is 19.6. The number of carbonyl (C=O) groups is 1. The lowest BCUT2D eigenvalue weighted by atomic mass is 9.92. The maximum absolute atomic E-state index is 12.1. The van der Waals surface area contributed by atoms with Crippen molar-refractivity contribution in [3.8, 4) is 0 Å². The van der Waals surface area contributed by atoms with Crippen LogP contribution in [0.25, 0.3) is 0 Å². The first-order valence-electron chi connectivity index (χ1n) is 9.08.